The summed E-state index contributed by atoms with van der Waals surface area (Å²) < 4.78 is 12.9. The lowest BCUT2D eigenvalue weighted by atomic mass is 10.2. The van der Waals surface area contributed by atoms with E-state index in [1.54, 1.807) is 0 Å². The number of nitro groups is 1. The van der Waals surface area contributed by atoms with Crippen LogP contribution in [0.3, 0.4) is 0 Å². The highest BCUT2D eigenvalue weighted by atomic mass is 28.4. The van der Waals surface area contributed by atoms with Gasteiger partial charge in [-0.15, -0.1) is 0 Å². The second-order valence-corrected chi connectivity index (χ2v) is 9.76. The van der Waals surface area contributed by atoms with Crippen LogP contribution in [0.4, 0.5) is 0 Å². The number of benzene rings is 3. The third-order valence-corrected chi connectivity index (χ3v) is 8.10. The van der Waals surface area contributed by atoms with Crippen molar-refractivity contribution in [2.24, 2.45) is 0 Å². The van der Waals surface area contributed by atoms with Gasteiger partial charge in [0, 0.05) is 4.92 Å². The van der Waals surface area contributed by atoms with Gasteiger partial charge in [-0.05, 0) is 22.9 Å². The van der Waals surface area contributed by atoms with Crippen LogP contribution in [0, 0.1) is 10.1 Å². The molecular formula is C24H25NO4Si. The zero-order valence-corrected chi connectivity index (χ0v) is 17.9. The number of hydrogen-bond donors (Lipinski definition) is 0. The predicted molar refractivity (Wildman–Crippen MR) is 122 cm³/mol. The van der Waals surface area contributed by atoms with Gasteiger partial charge in [0.15, 0.2) is 0 Å². The molecule has 0 aliphatic carbocycles. The Bertz CT molecular complexity index is 909. The summed E-state index contributed by atoms with van der Waals surface area (Å²) in [5.74, 6) is 0. The van der Waals surface area contributed by atoms with Crippen molar-refractivity contribution in [3.63, 3.8) is 0 Å². The van der Waals surface area contributed by atoms with Crippen molar-refractivity contribution in [3.05, 3.63) is 113 Å². The smallest absolute Gasteiger partial charge is 0.381 e. The third-order valence-electron chi connectivity index (χ3n) is 4.60. The van der Waals surface area contributed by atoms with Crippen molar-refractivity contribution in [2.75, 3.05) is 13.2 Å². The maximum atomic E-state index is 10.9. The molecule has 3 aromatic carbocycles. The lowest BCUT2D eigenvalue weighted by molar-refractivity contribution is -0.482. The van der Waals surface area contributed by atoms with E-state index in [1.165, 1.54) is 0 Å². The van der Waals surface area contributed by atoms with E-state index in [0.717, 1.165) is 15.9 Å². The van der Waals surface area contributed by atoms with E-state index in [2.05, 4.69) is 0 Å². The van der Waals surface area contributed by atoms with Crippen molar-refractivity contribution in [1.82, 2.24) is 0 Å². The summed E-state index contributed by atoms with van der Waals surface area (Å²) in [6.45, 7) is 1.67. The van der Waals surface area contributed by atoms with Crippen LogP contribution in [-0.2, 0) is 8.85 Å². The molecule has 0 N–H and O–H groups in total. The second kappa shape index (κ2) is 10.6. The first-order valence-corrected chi connectivity index (χ1v) is 11.7. The highest BCUT2D eigenvalue weighted by Gasteiger charge is 2.44. The van der Waals surface area contributed by atoms with Crippen LogP contribution >= 0.6 is 0 Å². The molecule has 30 heavy (non-hydrogen) atoms. The Morgan fingerprint density at radius 3 is 1.90 bits per heavy atom. The molecule has 1 atom stereocenters. The topological polar surface area (TPSA) is 61.6 Å². The van der Waals surface area contributed by atoms with Gasteiger partial charge >= 0.3 is 8.56 Å². The molecule has 6 heteroatoms. The quantitative estimate of drug-likeness (QED) is 0.286. The monoisotopic (exact) mass is 419 g/mol. The minimum atomic E-state index is -3.17. The van der Waals surface area contributed by atoms with Crippen LogP contribution in [0.1, 0.15) is 12.5 Å². The Morgan fingerprint density at radius 1 is 0.900 bits per heavy atom. The Hall–Kier alpha value is -3.06. The Morgan fingerprint density at radius 2 is 1.40 bits per heavy atom. The average Bonchev–Trinajstić information content (AvgIpc) is 2.78. The molecule has 154 valence electrons. The molecule has 0 saturated heterocycles. The normalized spacial score (nSPS) is 12.7. The van der Waals surface area contributed by atoms with Crippen molar-refractivity contribution in [2.45, 2.75) is 13.0 Å². The molecule has 5 nitrogen and oxygen atoms in total. The fourth-order valence-electron chi connectivity index (χ4n) is 3.19. The molecule has 0 saturated carbocycles. The second-order valence-electron chi connectivity index (χ2n) is 6.85. The first-order valence-electron chi connectivity index (χ1n) is 9.88. The van der Waals surface area contributed by atoms with Crippen LogP contribution < -0.4 is 10.4 Å². The van der Waals surface area contributed by atoms with Crippen molar-refractivity contribution < 1.29 is 13.8 Å². The predicted octanol–water partition coefficient (Wildman–Crippen LogP) is 3.65. The fraction of sp³-hybridized carbons (Fsp3) is 0.167. The summed E-state index contributed by atoms with van der Waals surface area (Å²) in [4.78, 5) is 10.6. The van der Waals surface area contributed by atoms with Gasteiger partial charge in [-0.3, -0.25) is 10.1 Å². The molecule has 0 heterocycles. The molecule has 0 bridgehead atoms. The van der Waals surface area contributed by atoms with E-state index in [4.69, 9.17) is 8.85 Å². The summed E-state index contributed by atoms with van der Waals surface area (Å²) in [7, 11) is -3.17. The molecule has 0 fully saturated rings. The Kier molecular flexibility index (Phi) is 7.67. The first kappa shape index (κ1) is 21.6. The van der Waals surface area contributed by atoms with E-state index >= 15 is 0 Å². The van der Waals surface area contributed by atoms with E-state index in [-0.39, 0.29) is 24.2 Å². The molecule has 0 spiro atoms. The SMILES string of the molecule is CC(/C=C/c1ccccc1)O[Si](OCC[N+](=O)[O-])(c1ccccc1)c1ccccc1. The number of nitrogens with zero attached hydrogens (tertiary/aromatic N) is 1. The van der Waals surface area contributed by atoms with E-state index in [1.807, 2.05) is 110 Å². The molecule has 1 unspecified atom stereocenters. The maximum Gasteiger partial charge on any atom is 0.407 e. The van der Waals surface area contributed by atoms with Gasteiger partial charge in [0.25, 0.3) is 0 Å². The van der Waals surface area contributed by atoms with Gasteiger partial charge in [-0.1, -0.05) is 103 Å². The molecule has 0 aliphatic heterocycles. The molecule has 0 radical (unpaired) electrons. The highest BCUT2D eigenvalue weighted by molar-refractivity contribution is 6.92. The van der Waals surface area contributed by atoms with Crippen LogP contribution in [0.15, 0.2) is 97.1 Å². The van der Waals surface area contributed by atoms with E-state index in [9.17, 15) is 10.1 Å². The summed E-state index contributed by atoms with van der Waals surface area (Å²) >= 11 is 0. The molecule has 0 aliphatic rings. The third kappa shape index (κ3) is 5.73. The van der Waals surface area contributed by atoms with Crippen LogP contribution in [-0.4, -0.2) is 32.7 Å². The molecule has 3 rings (SSSR count). The summed E-state index contributed by atoms with van der Waals surface area (Å²) in [5.41, 5.74) is 1.08. The molecule has 3 aromatic rings. The average molecular weight is 420 g/mol. The number of rotatable bonds is 10. The minimum Gasteiger partial charge on any atom is -0.381 e. The van der Waals surface area contributed by atoms with Crippen molar-refractivity contribution >= 4 is 25.0 Å². The summed E-state index contributed by atoms with van der Waals surface area (Å²) in [5, 5.41) is 12.8. The van der Waals surface area contributed by atoms with Crippen LogP contribution in [0.2, 0.25) is 0 Å². The lowest BCUT2D eigenvalue weighted by Crippen LogP contribution is -2.64. The summed E-state index contributed by atoms with van der Waals surface area (Å²) in [6, 6.07) is 29.5. The lowest BCUT2D eigenvalue weighted by Gasteiger charge is -2.33. The van der Waals surface area contributed by atoms with Crippen LogP contribution in [0.25, 0.3) is 6.08 Å². The molecule has 0 aromatic heterocycles. The first-order chi connectivity index (χ1) is 14.6. The Labute approximate surface area is 178 Å². The van der Waals surface area contributed by atoms with E-state index in [0.29, 0.717) is 0 Å². The van der Waals surface area contributed by atoms with Crippen molar-refractivity contribution in [1.29, 1.82) is 0 Å². The van der Waals surface area contributed by atoms with Gasteiger partial charge in [0.1, 0.15) is 6.61 Å². The van der Waals surface area contributed by atoms with E-state index < -0.39 is 8.56 Å². The van der Waals surface area contributed by atoms with Gasteiger partial charge < -0.3 is 8.85 Å². The summed E-state index contributed by atoms with van der Waals surface area (Å²) in [6.07, 6.45) is 3.74. The van der Waals surface area contributed by atoms with Gasteiger partial charge in [-0.25, -0.2) is 0 Å². The zero-order chi connectivity index (χ0) is 21.2. The fourth-order valence-corrected chi connectivity index (χ4v) is 6.44. The largest absolute Gasteiger partial charge is 0.407 e. The molecule has 0 amide bonds. The highest BCUT2D eigenvalue weighted by Crippen LogP contribution is 2.15. The number of hydrogen-bond acceptors (Lipinski definition) is 4. The van der Waals surface area contributed by atoms with Gasteiger partial charge in [0.2, 0.25) is 6.54 Å². The minimum absolute atomic E-state index is 0.0157. The standard InChI is InChI=1S/C24H25NO4Si/c1-21(17-18-22-11-5-2-6-12-22)29-30(28-20-19-25(26)27,23-13-7-3-8-14-23)24-15-9-4-10-16-24/h2-18,21H,19-20H2,1H3/b18-17+. The molecular weight excluding hydrogens is 394 g/mol. The van der Waals surface area contributed by atoms with Crippen molar-refractivity contribution in [3.8, 4) is 0 Å². The maximum absolute atomic E-state index is 10.9. The van der Waals surface area contributed by atoms with Gasteiger partial charge in [-0.2, -0.15) is 0 Å². The van der Waals surface area contributed by atoms with Gasteiger partial charge in [0.05, 0.1) is 6.10 Å². The Balaban J connectivity index is 1.96. The zero-order valence-electron chi connectivity index (χ0n) is 16.9. The van der Waals surface area contributed by atoms with Crippen LogP contribution in [0.5, 0.6) is 0 Å².